The third-order valence-electron chi connectivity index (χ3n) is 8.59. The first-order valence-electron chi connectivity index (χ1n) is 13.6. The summed E-state index contributed by atoms with van der Waals surface area (Å²) in [7, 11) is 1.59. The molecule has 7 heteroatoms. The van der Waals surface area contributed by atoms with Crippen LogP contribution in [0.3, 0.4) is 0 Å². The minimum Gasteiger partial charge on any atom is -0.497 e. The minimum absolute atomic E-state index is 0.260. The van der Waals surface area contributed by atoms with Crippen molar-refractivity contribution in [2.75, 3.05) is 33.4 Å². The second-order valence-electron chi connectivity index (χ2n) is 10.6. The third-order valence-corrected chi connectivity index (χ3v) is 8.59. The first-order chi connectivity index (χ1) is 17.9. The van der Waals surface area contributed by atoms with E-state index in [2.05, 4.69) is 36.1 Å². The van der Waals surface area contributed by atoms with E-state index in [9.17, 15) is 14.9 Å². The molecule has 1 saturated heterocycles. The number of ether oxygens (including phenoxy) is 2. The Bertz CT molecular complexity index is 1040. The SMILES string of the molecule is CCOC(=O)C1(C(C[N+](=O)[O-])c2ccc(OC)cc2)CCN([C@@H]2CCCC[C@@H]2c2ccc(C)cc2)CC1. The summed E-state index contributed by atoms with van der Waals surface area (Å²) in [6.07, 6.45) is 5.85. The van der Waals surface area contributed by atoms with Crippen LogP contribution in [0.25, 0.3) is 0 Å². The van der Waals surface area contributed by atoms with Gasteiger partial charge >= 0.3 is 5.97 Å². The lowest BCUT2D eigenvalue weighted by Crippen LogP contribution is -2.53. The van der Waals surface area contributed by atoms with Gasteiger partial charge in [-0.15, -0.1) is 0 Å². The molecule has 1 saturated carbocycles. The predicted molar refractivity (Wildman–Crippen MR) is 144 cm³/mol. The molecule has 1 aliphatic heterocycles. The number of benzene rings is 2. The van der Waals surface area contributed by atoms with Crippen LogP contribution in [-0.4, -0.2) is 55.2 Å². The average Bonchev–Trinajstić information content (AvgIpc) is 2.92. The second-order valence-corrected chi connectivity index (χ2v) is 10.6. The van der Waals surface area contributed by atoms with Gasteiger partial charge in [0.1, 0.15) is 5.75 Å². The molecule has 0 aromatic heterocycles. The molecule has 200 valence electrons. The first-order valence-corrected chi connectivity index (χ1v) is 13.6. The van der Waals surface area contributed by atoms with E-state index in [1.807, 2.05) is 24.3 Å². The van der Waals surface area contributed by atoms with E-state index < -0.39 is 11.3 Å². The number of rotatable bonds is 9. The summed E-state index contributed by atoms with van der Waals surface area (Å²) in [4.78, 5) is 27.6. The minimum atomic E-state index is -0.928. The molecule has 2 aromatic rings. The molecule has 37 heavy (non-hydrogen) atoms. The van der Waals surface area contributed by atoms with Crippen LogP contribution in [-0.2, 0) is 9.53 Å². The Morgan fingerprint density at radius 2 is 1.73 bits per heavy atom. The van der Waals surface area contributed by atoms with Gasteiger partial charge in [-0.3, -0.25) is 19.8 Å². The van der Waals surface area contributed by atoms with E-state index in [-0.39, 0.29) is 24.0 Å². The summed E-state index contributed by atoms with van der Waals surface area (Å²) >= 11 is 0. The standard InChI is InChI=1S/C30H40N2O5/c1-4-37-29(33)30(27(21-32(34)35)24-13-15-25(36-3)16-14-24)17-19-31(20-18-30)28-8-6-5-7-26(28)23-11-9-22(2)10-12-23/h9-16,26-28H,4-8,17-21H2,1-3H3/t26-,27?,28-/m1/s1. The maximum absolute atomic E-state index is 13.6. The van der Waals surface area contributed by atoms with Crippen molar-refractivity contribution in [3.63, 3.8) is 0 Å². The molecule has 7 nitrogen and oxygen atoms in total. The monoisotopic (exact) mass is 508 g/mol. The molecule has 2 aromatic carbocycles. The number of likely N-dealkylation sites (tertiary alicyclic amines) is 1. The Hall–Kier alpha value is -2.93. The number of nitrogens with zero attached hydrogens (tertiary/aromatic N) is 2. The molecule has 1 aliphatic carbocycles. The van der Waals surface area contributed by atoms with Crippen molar-refractivity contribution < 1.29 is 19.2 Å². The number of carbonyl (C=O) groups excluding carboxylic acids is 1. The molecule has 3 atom stereocenters. The van der Waals surface area contributed by atoms with Crippen LogP contribution in [0.2, 0.25) is 0 Å². The summed E-state index contributed by atoms with van der Waals surface area (Å²) in [6, 6.07) is 16.7. The normalized spacial score (nSPS) is 22.7. The van der Waals surface area contributed by atoms with Crippen molar-refractivity contribution in [2.24, 2.45) is 5.41 Å². The van der Waals surface area contributed by atoms with Crippen LogP contribution in [0, 0.1) is 22.5 Å². The zero-order valence-corrected chi connectivity index (χ0v) is 22.4. The lowest BCUT2D eigenvalue weighted by molar-refractivity contribution is -0.486. The molecule has 2 fully saturated rings. The van der Waals surface area contributed by atoms with E-state index in [1.54, 1.807) is 14.0 Å². The van der Waals surface area contributed by atoms with Gasteiger partial charge < -0.3 is 9.47 Å². The Morgan fingerprint density at radius 3 is 2.32 bits per heavy atom. The highest BCUT2D eigenvalue weighted by molar-refractivity contribution is 5.78. The highest BCUT2D eigenvalue weighted by Crippen LogP contribution is 2.48. The Kier molecular flexibility index (Phi) is 8.85. The molecule has 1 heterocycles. The van der Waals surface area contributed by atoms with Crippen molar-refractivity contribution in [2.45, 2.75) is 70.3 Å². The van der Waals surface area contributed by atoms with E-state index in [1.165, 1.54) is 30.4 Å². The molecular weight excluding hydrogens is 468 g/mol. The summed E-state index contributed by atoms with van der Waals surface area (Å²) in [5, 5.41) is 11.8. The molecule has 0 bridgehead atoms. The van der Waals surface area contributed by atoms with Gasteiger partial charge in [0.05, 0.1) is 25.0 Å². The van der Waals surface area contributed by atoms with Gasteiger partial charge in [0.15, 0.2) is 0 Å². The second kappa shape index (κ2) is 12.1. The van der Waals surface area contributed by atoms with Gasteiger partial charge in [0, 0.05) is 11.0 Å². The predicted octanol–water partition coefficient (Wildman–Crippen LogP) is 5.74. The van der Waals surface area contributed by atoms with Crippen molar-refractivity contribution in [1.82, 2.24) is 4.90 Å². The van der Waals surface area contributed by atoms with E-state index in [4.69, 9.17) is 9.47 Å². The topological polar surface area (TPSA) is 81.9 Å². The van der Waals surface area contributed by atoms with Gasteiger partial charge in [0.2, 0.25) is 6.54 Å². The van der Waals surface area contributed by atoms with Gasteiger partial charge in [-0.2, -0.15) is 0 Å². The fourth-order valence-electron chi connectivity index (χ4n) is 6.56. The lowest BCUT2D eigenvalue weighted by Gasteiger charge is -2.48. The van der Waals surface area contributed by atoms with Crippen LogP contribution < -0.4 is 4.74 Å². The number of hydrogen-bond donors (Lipinski definition) is 0. The number of esters is 1. The Morgan fingerprint density at radius 1 is 1.08 bits per heavy atom. The van der Waals surface area contributed by atoms with Gasteiger partial charge in [-0.1, -0.05) is 54.8 Å². The number of nitro groups is 1. The van der Waals surface area contributed by atoms with Crippen molar-refractivity contribution in [1.29, 1.82) is 0 Å². The summed E-state index contributed by atoms with van der Waals surface area (Å²) < 4.78 is 10.9. The Labute approximate surface area is 220 Å². The zero-order chi connectivity index (χ0) is 26.4. The van der Waals surface area contributed by atoms with Crippen molar-refractivity contribution in [3.05, 3.63) is 75.3 Å². The smallest absolute Gasteiger partial charge is 0.313 e. The van der Waals surface area contributed by atoms with Gasteiger partial charge in [-0.05, 0) is 81.8 Å². The van der Waals surface area contributed by atoms with E-state index >= 15 is 0 Å². The van der Waals surface area contributed by atoms with Crippen LogP contribution >= 0.6 is 0 Å². The first kappa shape index (κ1) is 27.1. The number of piperidine rings is 1. The molecule has 0 spiro atoms. The number of carbonyl (C=O) groups is 1. The molecule has 0 amide bonds. The molecule has 0 radical (unpaired) electrons. The maximum atomic E-state index is 13.6. The molecule has 4 rings (SSSR count). The van der Waals surface area contributed by atoms with E-state index in [0.29, 0.717) is 30.6 Å². The lowest BCUT2D eigenvalue weighted by atomic mass is 9.65. The largest absolute Gasteiger partial charge is 0.497 e. The molecule has 2 aliphatic rings. The van der Waals surface area contributed by atoms with Crippen LogP contribution in [0.5, 0.6) is 5.75 Å². The van der Waals surface area contributed by atoms with Crippen molar-refractivity contribution >= 4 is 5.97 Å². The summed E-state index contributed by atoms with van der Waals surface area (Å²) in [5.41, 5.74) is 2.52. The fourth-order valence-corrected chi connectivity index (χ4v) is 6.56. The molecular formula is C30H40N2O5. The maximum Gasteiger partial charge on any atom is 0.313 e. The molecule has 1 unspecified atom stereocenters. The van der Waals surface area contributed by atoms with Crippen LogP contribution in [0.1, 0.15) is 74.0 Å². The number of aryl methyl sites for hydroxylation is 1. The van der Waals surface area contributed by atoms with Gasteiger partial charge in [0.25, 0.3) is 0 Å². The fraction of sp³-hybridized carbons (Fsp3) is 0.567. The Balaban J connectivity index is 1.61. The van der Waals surface area contributed by atoms with Crippen LogP contribution in [0.4, 0.5) is 0 Å². The van der Waals surface area contributed by atoms with Gasteiger partial charge in [-0.25, -0.2) is 0 Å². The summed E-state index contributed by atoms with van der Waals surface area (Å²) in [6.45, 7) is 5.33. The van der Waals surface area contributed by atoms with E-state index in [0.717, 1.165) is 25.1 Å². The van der Waals surface area contributed by atoms with Crippen molar-refractivity contribution in [3.8, 4) is 5.75 Å². The highest BCUT2D eigenvalue weighted by Gasteiger charge is 2.52. The van der Waals surface area contributed by atoms with Crippen LogP contribution in [0.15, 0.2) is 48.5 Å². The quantitative estimate of drug-likeness (QED) is 0.244. The highest BCUT2D eigenvalue weighted by atomic mass is 16.6. The summed E-state index contributed by atoms with van der Waals surface area (Å²) in [5.74, 6) is 0.286. The molecule has 0 N–H and O–H groups in total. The zero-order valence-electron chi connectivity index (χ0n) is 22.4. The number of hydrogen-bond acceptors (Lipinski definition) is 6. The third kappa shape index (κ3) is 5.98. The number of methoxy groups -OCH3 is 1. The average molecular weight is 509 g/mol.